The Balaban J connectivity index is 2.83. The molecule has 98 valence electrons. The van der Waals surface area contributed by atoms with Gasteiger partial charge in [-0.3, -0.25) is 4.79 Å². The second kappa shape index (κ2) is 6.16. The minimum atomic E-state index is -0.0799. The lowest BCUT2D eigenvalue weighted by molar-refractivity contribution is 0.0787. The summed E-state index contributed by atoms with van der Waals surface area (Å²) < 4.78 is 0. The van der Waals surface area contributed by atoms with Crippen molar-refractivity contribution >= 4 is 34.7 Å². The molecule has 1 rings (SSSR count). The van der Waals surface area contributed by atoms with Crippen LogP contribution in [0.15, 0.2) is 18.2 Å². The topological polar surface area (TPSA) is 46.3 Å². The highest BCUT2D eigenvalue weighted by atomic mass is 35.5. The molecule has 0 aliphatic heterocycles. The van der Waals surface area contributed by atoms with Crippen LogP contribution < -0.4 is 5.73 Å². The van der Waals surface area contributed by atoms with Gasteiger partial charge in [0.2, 0.25) is 0 Å². The molecule has 0 saturated heterocycles. The first-order valence-corrected chi connectivity index (χ1v) is 6.42. The summed E-state index contributed by atoms with van der Waals surface area (Å²) in [6.45, 7) is 4.30. The Hall–Kier alpha value is -1.13. The van der Waals surface area contributed by atoms with E-state index in [9.17, 15) is 4.79 Å². The monoisotopic (exact) mass is 284 g/mol. The molecule has 1 aromatic carbocycles. The second-order valence-electron chi connectivity index (χ2n) is 4.51. The number of carbonyl (C=O) groups excluding carboxylic acids is 1. The lowest BCUT2D eigenvalue weighted by atomic mass is 10.1. The Labute approximate surface area is 118 Å². The number of hydrogen-bond donors (Lipinski definition) is 1. The Kier molecular flexibility index (Phi) is 5.11. The van der Waals surface area contributed by atoms with Crippen LogP contribution in [0, 0.1) is 12.8 Å². The van der Waals surface area contributed by atoms with E-state index in [-0.39, 0.29) is 11.8 Å². The van der Waals surface area contributed by atoms with Gasteiger partial charge in [0.15, 0.2) is 0 Å². The fourth-order valence-corrected chi connectivity index (χ4v) is 2.03. The average Bonchev–Trinajstić information content (AvgIpc) is 2.26. The van der Waals surface area contributed by atoms with Gasteiger partial charge in [-0.25, -0.2) is 0 Å². The fraction of sp³-hybridized carbons (Fsp3) is 0.385. The van der Waals surface area contributed by atoms with Gasteiger partial charge in [0.05, 0.1) is 4.99 Å². The number of aryl methyl sites for hydroxylation is 1. The number of thiocarbonyl (C=S) groups is 1. The third-order valence-electron chi connectivity index (χ3n) is 2.67. The van der Waals surface area contributed by atoms with E-state index in [1.54, 1.807) is 18.0 Å². The zero-order chi connectivity index (χ0) is 13.9. The maximum atomic E-state index is 12.2. The Bertz CT molecular complexity index is 456. The van der Waals surface area contributed by atoms with Crippen molar-refractivity contribution < 1.29 is 4.79 Å². The van der Waals surface area contributed by atoms with Crippen molar-refractivity contribution in [3.63, 3.8) is 0 Å². The van der Waals surface area contributed by atoms with Crippen LogP contribution in [0.2, 0.25) is 5.02 Å². The highest BCUT2D eigenvalue weighted by Gasteiger charge is 2.16. The van der Waals surface area contributed by atoms with Gasteiger partial charge in [0.25, 0.3) is 5.91 Å². The quantitative estimate of drug-likeness (QED) is 0.865. The lowest BCUT2D eigenvalue weighted by Gasteiger charge is -2.21. The van der Waals surface area contributed by atoms with Crippen LogP contribution in [0.3, 0.4) is 0 Å². The van der Waals surface area contributed by atoms with Crippen LogP contribution in [-0.2, 0) is 0 Å². The first kappa shape index (κ1) is 14.9. The van der Waals surface area contributed by atoms with Crippen LogP contribution >= 0.6 is 23.8 Å². The zero-order valence-electron chi connectivity index (χ0n) is 10.7. The molecule has 2 N–H and O–H groups in total. The molecule has 1 unspecified atom stereocenters. The minimum Gasteiger partial charge on any atom is -0.393 e. The maximum absolute atomic E-state index is 12.2. The predicted molar refractivity (Wildman–Crippen MR) is 79.1 cm³/mol. The molecule has 18 heavy (non-hydrogen) atoms. The van der Waals surface area contributed by atoms with Crippen LogP contribution in [0.4, 0.5) is 0 Å². The Morgan fingerprint density at radius 3 is 2.61 bits per heavy atom. The summed E-state index contributed by atoms with van der Waals surface area (Å²) >= 11 is 10.8. The first-order chi connectivity index (χ1) is 8.31. The van der Waals surface area contributed by atoms with Gasteiger partial charge < -0.3 is 10.6 Å². The molecule has 0 fully saturated rings. The van der Waals surface area contributed by atoms with E-state index in [1.165, 1.54) is 0 Å². The maximum Gasteiger partial charge on any atom is 0.253 e. The highest BCUT2D eigenvalue weighted by Crippen LogP contribution is 2.16. The predicted octanol–water partition coefficient (Wildman–Crippen LogP) is 2.64. The van der Waals surface area contributed by atoms with Crippen molar-refractivity contribution in [3.05, 3.63) is 34.3 Å². The molecule has 0 aliphatic rings. The van der Waals surface area contributed by atoms with E-state index in [2.05, 4.69) is 0 Å². The summed E-state index contributed by atoms with van der Waals surface area (Å²) in [5.74, 6) is -0.0852. The first-order valence-electron chi connectivity index (χ1n) is 5.63. The summed E-state index contributed by atoms with van der Waals surface area (Å²) in [5, 5.41) is 0.564. The van der Waals surface area contributed by atoms with E-state index in [4.69, 9.17) is 29.6 Å². The largest absolute Gasteiger partial charge is 0.393 e. The Morgan fingerprint density at radius 1 is 1.50 bits per heavy atom. The SMILES string of the molecule is Cc1cc(Cl)cc(C(=O)N(C)CC(C)C(N)=S)c1. The number of nitrogens with two attached hydrogens (primary N) is 1. The molecule has 0 aromatic heterocycles. The molecule has 0 radical (unpaired) electrons. The van der Waals surface area contributed by atoms with Crippen molar-refractivity contribution in [1.29, 1.82) is 0 Å². The van der Waals surface area contributed by atoms with Crippen molar-refractivity contribution in [1.82, 2.24) is 4.90 Å². The summed E-state index contributed by atoms with van der Waals surface area (Å²) in [6, 6.07) is 5.30. The molecule has 3 nitrogen and oxygen atoms in total. The van der Waals surface area contributed by atoms with Crippen molar-refractivity contribution in [3.8, 4) is 0 Å². The molecule has 0 aliphatic carbocycles. The van der Waals surface area contributed by atoms with Gasteiger partial charge in [0.1, 0.15) is 0 Å². The number of hydrogen-bond acceptors (Lipinski definition) is 2. The minimum absolute atomic E-state index is 0.00534. The van der Waals surface area contributed by atoms with E-state index in [0.29, 0.717) is 22.1 Å². The number of halogens is 1. The third-order valence-corrected chi connectivity index (χ3v) is 3.29. The van der Waals surface area contributed by atoms with Crippen LogP contribution in [0.5, 0.6) is 0 Å². The van der Waals surface area contributed by atoms with Gasteiger partial charge in [0, 0.05) is 30.1 Å². The molecule has 0 bridgehead atoms. The van der Waals surface area contributed by atoms with Crippen LogP contribution in [0.25, 0.3) is 0 Å². The van der Waals surface area contributed by atoms with Gasteiger partial charge in [-0.05, 0) is 30.7 Å². The van der Waals surface area contributed by atoms with Crippen LogP contribution in [0.1, 0.15) is 22.8 Å². The number of rotatable bonds is 4. The van der Waals surface area contributed by atoms with Crippen LogP contribution in [-0.4, -0.2) is 29.4 Å². The molecule has 0 heterocycles. The van der Waals surface area contributed by atoms with Gasteiger partial charge >= 0.3 is 0 Å². The zero-order valence-corrected chi connectivity index (χ0v) is 12.3. The van der Waals surface area contributed by atoms with Crippen molar-refractivity contribution in [2.24, 2.45) is 11.7 Å². The van der Waals surface area contributed by atoms with E-state index < -0.39 is 0 Å². The number of benzene rings is 1. The second-order valence-corrected chi connectivity index (χ2v) is 5.41. The van der Waals surface area contributed by atoms with E-state index in [0.717, 1.165) is 5.56 Å². The molecule has 0 spiro atoms. The number of carbonyl (C=O) groups is 1. The normalized spacial score (nSPS) is 12.0. The average molecular weight is 285 g/mol. The molecule has 1 amide bonds. The molecule has 0 saturated carbocycles. The summed E-state index contributed by atoms with van der Waals surface area (Å²) in [6.07, 6.45) is 0. The smallest absolute Gasteiger partial charge is 0.253 e. The summed E-state index contributed by atoms with van der Waals surface area (Å²) in [7, 11) is 1.73. The molecular weight excluding hydrogens is 268 g/mol. The Morgan fingerprint density at radius 2 is 2.11 bits per heavy atom. The standard InChI is InChI=1S/C13H17ClN2OS/c1-8-4-10(6-11(14)5-8)13(17)16(3)7-9(2)12(15)18/h4-6,9H,7H2,1-3H3,(H2,15,18). The van der Waals surface area contributed by atoms with E-state index in [1.807, 2.05) is 26.0 Å². The van der Waals surface area contributed by atoms with Gasteiger partial charge in [-0.1, -0.05) is 30.7 Å². The van der Waals surface area contributed by atoms with Crippen molar-refractivity contribution in [2.75, 3.05) is 13.6 Å². The number of amides is 1. The summed E-state index contributed by atoms with van der Waals surface area (Å²) in [4.78, 5) is 14.2. The molecule has 1 aromatic rings. The lowest BCUT2D eigenvalue weighted by Crippen LogP contribution is -2.35. The molecular formula is C13H17ClN2OS. The fourth-order valence-electron chi connectivity index (χ4n) is 1.66. The van der Waals surface area contributed by atoms with E-state index >= 15 is 0 Å². The summed E-state index contributed by atoms with van der Waals surface area (Å²) in [5.41, 5.74) is 7.08. The molecule has 5 heteroatoms. The third kappa shape index (κ3) is 3.96. The van der Waals surface area contributed by atoms with Crippen molar-refractivity contribution in [2.45, 2.75) is 13.8 Å². The number of nitrogens with zero attached hydrogens (tertiary/aromatic N) is 1. The highest BCUT2D eigenvalue weighted by molar-refractivity contribution is 7.80. The van der Waals surface area contributed by atoms with Gasteiger partial charge in [-0.15, -0.1) is 0 Å². The van der Waals surface area contributed by atoms with Gasteiger partial charge in [-0.2, -0.15) is 0 Å². The molecule has 1 atom stereocenters.